The second-order valence-corrected chi connectivity index (χ2v) is 6.36. The Bertz CT molecular complexity index is 715. The average Bonchev–Trinajstić information content (AvgIpc) is 3.38. The van der Waals surface area contributed by atoms with Gasteiger partial charge in [-0.3, -0.25) is 4.79 Å². The lowest BCUT2D eigenvalue weighted by Gasteiger charge is -2.35. The fourth-order valence-corrected chi connectivity index (χ4v) is 2.96. The Morgan fingerprint density at radius 1 is 1.25 bits per heavy atom. The number of nitrogens with zero attached hydrogens (tertiary/aromatic N) is 5. The van der Waals surface area contributed by atoms with Crippen LogP contribution in [0.25, 0.3) is 11.4 Å². The van der Waals surface area contributed by atoms with E-state index in [1.54, 1.807) is 6.20 Å². The highest BCUT2D eigenvalue weighted by molar-refractivity contribution is 5.76. The van der Waals surface area contributed by atoms with Crippen molar-refractivity contribution in [1.82, 2.24) is 20.0 Å². The van der Waals surface area contributed by atoms with Crippen LogP contribution in [0.1, 0.15) is 38.0 Å². The molecule has 2 aromatic rings. The quantitative estimate of drug-likeness (QED) is 0.856. The number of piperazine rings is 1. The fourth-order valence-electron chi connectivity index (χ4n) is 2.96. The molecule has 0 radical (unpaired) electrons. The Labute approximate surface area is 140 Å². The number of carbonyl (C=O) groups excluding carboxylic acids is 1. The van der Waals surface area contributed by atoms with E-state index >= 15 is 0 Å². The highest BCUT2D eigenvalue weighted by Crippen LogP contribution is 2.39. The minimum absolute atomic E-state index is 0.224. The molecule has 7 heteroatoms. The second-order valence-electron chi connectivity index (χ2n) is 6.36. The molecule has 7 nitrogen and oxygen atoms in total. The number of carbonyl (C=O) groups is 1. The van der Waals surface area contributed by atoms with Crippen molar-refractivity contribution in [3.05, 3.63) is 24.2 Å². The first-order valence-electron chi connectivity index (χ1n) is 8.57. The van der Waals surface area contributed by atoms with Crippen LogP contribution in [0.2, 0.25) is 0 Å². The first kappa shape index (κ1) is 15.1. The minimum atomic E-state index is 0.224. The molecule has 2 fully saturated rings. The number of pyridine rings is 1. The summed E-state index contributed by atoms with van der Waals surface area (Å²) in [5, 5.41) is 4.04. The molecular weight excluding hydrogens is 306 g/mol. The Morgan fingerprint density at radius 2 is 2.04 bits per heavy atom. The summed E-state index contributed by atoms with van der Waals surface area (Å²) in [4.78, 5) is 24.8. The van der Waals surface area contributed by atoms with Crippen LogP contribution < -0.4 is 4.90 Å². The van der Waals surface area contributed by atoms with Crippen LogP contribution in [0.5, 0.6) is 0 Å². The number of anilines is 1. The summed E-state index contributed by atoms with van der Waals surface area (Å²) in [6.45, 7) is 5.04. The SMILES string of the molecule is CCC(=O)N1CCN(c2ccc(-c3noc(C4CC4)n3)cn2)CC1. The predicted molar refractivity (Wildman–Crippen MR) is 88.6 cm³/mol. The summed E-state index contributed by atoms with van der Waals surface area (Å²) in [6, 6.07) is 3.97. The van der Waals surface area contributed by atoms with Crippen molar-refractivity contribution in [3.8, 4) is 11.4 Å². The lowest BCUT2D eigenvalue weighted by atomic mass is 10.2. The van der Waals surface area contributed by atoms with Crippen molar-refractivity contribution in [1.29, 1.82) is 0 Å². The Morgan fingerprint density at radius 3 is 2.67 bits per heavy atom. The molecule has 0 unspecified atom stereocenters. The van der Waals surface area contributed by atoms with E-state index in [4.69, 9.17) is 4.52 Å². The van der Waals surface area contributed by atoms with Gasteiger partial charge in [0.1, 0.15) is 5.82 Å². The molecule has 3 heterocycles. The normalized spacial score (nSPS) is 18.0. The molecule has 126 valence electrons. The van der Waals surface area contributed by atoms with Gasteiger partial charge in [0.15, 0.2) is 0 Å². The van der Waals surface area contributed by atoms with Crippen LogP contribution in [0.4, 0.5) is 5.82 Å². The highest BCUT2D eigenvalue weighted by atomic mass is 16.5. The van der Waals surface area contributed by atoms with Crippen LogP contribution >= 0.6 is 0 Å². The molecule has 1 saturated heterocycles. The molecule has 24 heavy (non-hydrogen) atoms. The molecule has 4 rings (SSSR count). The number of aromatic nitrogens is 3. The van der Waals surface area contributed by atoms with Gasteiger partial charge in [-0.1, -0.05) is 12.1 Å². The van der Waals surface area contributed by atoms with E-state index in [2.05, 4.69) is 20.0 Å². The summed E-state index contributed by atoms with van der Waals surface area (Å²) in [6.07, 6.45) is 4.65. The van der Waals surface area contributed by atoms with E-state index in [0.717, 1.165) is 56.3 Å². The number of rotatable bonds is 4. The van der Waals surface area contributed by atoms with Crippen molar-refractivity contribution in [2.75, 3.05) is 31.1 Å². The third kappa shape index (κ3) is 2.98. The van der Waals surface area contributed by atoms with Crippen LogP contribution in [-0.4, -0.2) is 52.1 Å². The van der Waals surface area contributed by atoms with Crippen molar-refractivity contribution in [2.24, 2.45) is 0 Å². The van der Waals surface area contributed by atoms with Crippen LogP contribution in [0.15, 0.2) is 22.9 Å². The molecule has 1 aliphatic heterocycles. The molecule has 1 aliphatic carbocycles. The van der Waals surface area contributed by atoms with Gasteiger partial charge in [-0.2, -0.15) is 4.98 Å². The summed E-state index contributed by atoms with van der Waals surface area (Å²) < 4.78 is 5.30. The van der Waals surface area contributed by atoms with Gasteiger partial charge in [0.25, 0.3) is 0 Å². The Balaban J connectivity index is 1.41. The van der Waals surface area contributed by atoms with Gasteiger partial charge < -0.3 is 14.3 Å². The minimum Gasteiger partial charge on any atom is -0.353 e. The molecule has 0 N–H and O–H groups in total. The first-order chi connectivity index (χ1) is 11.7. The topological polar surface area (TPSA) is 75.4 Å². The maximum absolute atomic E-state index is 11.7. The first-order valence-corrected chi connectivity index (χ1v) is 8.57. The number of amides is 1. The third-order valence-corrected chi connectivity index (χ3v) is 4.63. The smallest absolute Gasteiger partial charge is 0.230 e. The molecule has 0 aromatic carbocycles. The van der Waals surface area contributed by atoms with Gasteiger partial charge in [-0.25, -0.2) is 4.98 Å². The van der Waals surface area contributed by atoms with E-state index in [0.29, 0.717) is 18.2 Å². The Kier molecular flexibility index (Phi) is 3.92. The zero-order valence-corrected chi connectivity index (χ0v) is 13.8. The molecule has 0 atom stereocenters. The standard InChI is InChI=1S/C17H21N5O2/c1-2-15(23)22-9-7-21(8-10-22)14-6-5-13(11-18-14)16-19-17(24-20-16)12-3-4-12/h5-6,11-12H,2-4,7-10H2,1H3. The van der Waals surface area contributed by atoms with Crippen molar-refractivity contribution in [2.45, 2.75) is 32.1 Å². The summed E-state index contributed by atoms with van der Waals surface area (Å²) in [7, 11) is 0. The molecule has 0 bridgehead atoms. The molecule has 0 spiro atoms. The molecular formula is C17H21N5O2. The fraction of sp³-hybridized carbons (Fsp3) is 0.529. The van der Waals surface area contributed by atoms with Gasteiger partial charge >= 0.3 is 0 Å². The average molecular weight is 327 g/mol. The zero-order valence-electron chi connectivity index (χ0n) is 13.8. The van der Waals surface area contributed by atoms with Crippen molar-refractivity contribution >= 4 is 11.7 Å². The maximum atomic E-state index is 11.7. The zero-order chi connectivity index (χ0) is 16.5. The van der Waals surface area contributed by atoms with Crippen LogP contribution in [0.3, 0.4) is 0 Å². The van der Waals surface area contributed by atoms with Crippen LogP contribution in [-0.2, 0) is 4.79 Å². The molecule has 2 aromatic heterocycles. The lowest BCUT2D eigenvalue weighted by molar-refractivity contribution is -0.131. The van der Waals surface area contributed by atoms with E-state index in [9.17, 15) is 4.79 Å². The molecule has 1 amide bonds. The third-order valence-electron chi connectivity index (χ3n) is 4.63. The molecule has 1 saturated carbocycles. The number of hydrogen-bond acceptors (Lipinski definition) is 6. The lowest BCUT2D eigenvalue weighted by Crippen LogP contribution is -2.48. The van der Waals surface area contributed by atoms with E-state index < -0.39 is 0 Å². The highest BCUT2D eigenvalue weighted by Gasteiger charge is 2.29. The summed E-state index contributed by atoms with van der Waals surface area (Å²) in [5.74, 6) is 2.95. The van der Waals surface area contributed by atoms with Gasteiger partial charge in [-0.05, 0) is 25.0 Å². The van der Waals surface area contributed by atoms with Gasteiger partial charge in [0.05, 0.1) is 0 Å². The number of hydrogen-bond donors (Lipinski definition) is 0. The van der Waals surface area contributed by atoms with Crippen molar-refractivity contribution < 1.29 is 9.32 Å². The Hall–Kier alpha value is -2.44. The van der Waals surface area contributed by atoms with E-state index in [1.807, 2.05) is 24.0 Å². The monoisotopic (exact) mass is 327 g/mol. The van der Waals surface area contributed by atoms with Gasteiger partial charge in [-0.15, -0.1) is 0 Å². The maximum Gasteiger partial charge on any atom is 0.230 e. The van der Waals surface area contributed by atoms with Crippen molar-refractivity contribution in [3.63, 3.8) is 0 Å². The van der Waals surface area contributed by atoms with E-state index in [-0.39, 0.29) is 5.91 Å². The largest absolute Gasteiger partial charge is 0.353 e. The molecule has 2 aliphatic rings. The predicted octanol–water partition coefficient (Wildman–Crippen LogP) is 2.07. The summed E-state index contributed by atoms with van der Waals surface area (Å²) in [5.41, 5.74) is 0.870. The van der Waals surface area contributed by atoms with E-state index in [1.165, 1.54) is 0 Å². The second kappa shape index (κ2) is 6.22. The van der Waals surface area contributed by atoms with Gasteiger partial charge in [0, 0.05) is 50.3 Å². The van der Waals surface area contributed by atoms with Gasteiger partial charge in [0.2, 0.25) is 17.6 Å². The summed E-state index contributed by atoms with van der Waals surface area (Å²) >= 11 is 0. The van der Waals surface area contributed by atoms with Crippen LogP contribution in [0, 0.1) is 0 Å².